The second-order valence-corrected chi connectivity index (χ2v) is 0. The van der Waals surface area contributed by atoms with Crippen LogP contribution in [0.2, 0.25) is 0 Å². The minimum absolute atomic E-state index is 0. The van der Waals surface area contributed by atoms with Crippen molar-refractivity contribution < 1.29 is 25.6 Å². The van der Waals surface area contributed by atoms with Crippen molar-refractivity contribution in [1.29, 1.82) is 0 Å². The predicted octanol–water partition coefficient (Wildman–Crippen LogP) is -1.38. The first-order chi connectivity index (χ1) is 2.00. The first kappa shape index (κ1) is 23.4. The Bertz CT molecular complexity index is 13.5. The first-order valence-electron chi connectivity index (χ1n) is 0.408. The van der Waals surface area contributed by atoms with Crippen LogP contribution in [0.1, 0.15) is 0 Å². The zero-order valence-corrected chi connectivity index (χ0v) is 15.1. The molecule has 0 aromatic rings. The van der Waals surface area contributed by atoms with E-state index in [2.05, 4.69) is 0 Å². The molecule has 0 aliphatic carbocycles. The molecule has 0 atom stereocenters. The van der Waals surface area contributed by atoms with Gasteiger partial charge in [-0.2, -0.15) is 0 Å². The van der Waals surface area contributed by atoms with Gasteiger partial charge in [-0.05, 0) is 0 Å². The Morgan fingerprint density at radius 3 is 0.833 bits per heavy atom. The van der Waals surface area contributed by atoms with Gasteiger partial charge in [-0.3, -0.25) is 0 Å². The number of rotatable bonds is 0. The monoisotopic (exact) mass is 451 g/mol. The average molecular weight is 450 g/mol. The molecule has 0 rings (SSSR count). The summed E-state index contributed by atoms with van der Waals surface area (Å²) in [5.74, 6) is 0. The zero-order chi connectivity index (χ0) is 4.00. The van der Waals surface area contributed by atoms with Crippen LogP contribution in [0.4, 0.5) is 0 Å². The molecule has 0 aromatic heterocycles. The van der Waals surface area contributed by atoms with E-state index in [9.17, 15) is 0 Å². The van der Waals surface area contributed by atoms with E-state index in [1.807, 2.05) is 0 Å². The Labute approximate surface area is 94.7 Å². The molecule has 7 radical (unpaired) electrons. The number of hydrogen-bond donors (Lipinski definition) is 0. The maximum Gasteiger partial charge on any atom is 0 e. The molecule has 0 aromatic carbocycles. The second kappa shape index (κ2) is 47.5. The van der Waals surface area contributed by atoms with Crippen LogP contribution in [0.5, 0.6) is 0 Å². The van der Waals surface area contributed by atoms with Crippen LogP contribution in [0.25, 0.3) is 0 Å². The van der Waals surface area contributed by atoms with E-state index >= 15 is 0 Å². The van der Waals surface area contributed by atoms with Crippen molar-refractivity contribution in [2.75, 3.05) is 0 Å². The summed E-state index contributed by atoms with van der Waals surface area (Å²) in [6.45, 7) is 0. The van der Waals surface area contributed by atoms with Crippen LogP contribution in [0.3, 0.4) is 0 Å². The van der Waals surface area contributed by atoms with Crippen molar-refractivity contribution in [2.24, 2.45) is 0 Å². The van der Waals surface area contributed by atoms with Crippen LogP contribution >= 0.6 is 0 Å². The molecule has 2 nitrogen and oxygen atoms in total. The minimum Gasteiger partial charge on any atom is 0 e. The van der Waals surface area contributed by atoms with Crippen LogP contribution in [0.15, 0.2) is 0 Å². The summed E-state index contributed by atoms with van der Waals surface area (Å²) in [4.78, 5) is 0. The Morgan fingerprint density at radius 2 is 0.833 bits per heavy atom. The maximum absolute atomic E-state index is 8.34. The third-order valence-electron chi connectivity index (χ3n) is 0. The third-order valence-corrected chi connectivity index (χ3v) is 0. The van der Waals surface area contributed by atoms with E-state index < -0.39 is 0 Å². The molecular formula is InO2Sn2Zn. The van der Waals surface area contributed by atoms with Gasteiger partial charge in [-0.25, -0.2) is 0 Å². The number of hydrogen-bond acceptors (Lipinski definition) is 2. The third kappa shape index (κ3) is 29.9. The summed E-state index contributed by atoms with van der Waals surface area (Å²) < 4.78 is 16.7. The van der Waals surface area contributed by atoms with Crippen molar-refractivity contribution >= 4 is 70.9 Å². The predicted molar refractivity (Wildman–Crippen MR) is 18.6 cm³/mol. The molecule has 0 saturated carbocycles. The molecule has 0 bridgehead atoms. The van der Waals surface area contributed by atoms with Crippen LogP contribution in [-0.2, 0) is 25.6 Å². The van der Waals surface area contributed by atoms with Gasteiger partial charge in [-0.15, -0.1) is 0 Å². The van der Waals surface area contributed by atoms with E-state index in [4.69, 9.17) is 6.15 Å². The van der Waals surface area contributed by atoms with Gasteiger partial charge in [0.1, 0.15) is 0 Å². The molecule has 0 N–H and O–H groups in total. The normalized spacial score (nSPS) is 1.33. The topological polar surface area (TPSA) is 34.1 Å². The standard InChI is InChI=1S/In.2O.2Sn.Zn. The summed E-state index contributed by atoms with van der Waals surface area (Å²) >= 11 is 0.600. The van der Waals surface area contributed by atoms with Crippen LogP contribution < -0.4 is 0 Å². The molecule has 0 saturated heterocycles. The Kier molecular flexibility index (Phi) is 185. The molecule has 0 aliphatic heterocycles. The Morgan fingerprint density at radius 1 is 0.833 bits per heavy atom. The van der Waals surface area contributed by atoms with Gasteiger partial charge >= 0.3 is 51.2 Å². The fraction of sp³-hybridized carbons (Fsp3) is 0. The second-order valence-electron chi connectivity index (χ2n) is 0. The van der Waals surface area contributed by atoms with E-state index in [-0.39, 0.29) is 45.3 Å². The minimum atomic E-state index is 0. The first-order valence-corrected chi connectivity index (χ1v) is 2.74. The van der Waals surface area contributed by atoms with Gasteiger partial charge in [0.2, 0.25) is 0 Å². The van der Waals surface area contributed by atoms with Gasteiger partial charge in [0, 0.05) is 45.3 Å². The van der Waals surface area contributed by atoms with Crippen LogP contribution in [-0.4, -0.2) is 70.9 Å². The molecule has 0 aliphatic rings. The summed E-state index contributed by atoms with van der Waals surface area (Å²) in [5.41, 5.74) is 0. The van der Waals surface area contributed by atoms with E-state index in [0.29, 0.717) is 45.0 Å². The molecular weight excluding hydrogens is 450 g/mol. The van der Waals surface area contributed by atoms with Crippen molar-refractivity contribution in [3.05, 3.63) is 0 Å². The average Bonchev–Trinajstić information content (AvgIpc) is 1.50. The SMILES string of the molecule is [In].[O]=[Sn].[O]=[Sn].[Zn]. The van der Waals surface area contributed by atoms with E-state index in [0.717, 1.165) is 0 Å². The van der Waals surface area contributed by atoms with Gasteiger partial charge in [0.25, 0.3) is 0 Å². The van der Waals surface area contributed by atoms with Crippen molar-refractivity contribution in [2.45, 2.75) is 0 Å². The molecule has 0 spiro atoms. The molecule has 6 heteroatoms. The van der Waals surface area contributed by atoms with Crippen molar-refractivity contribution in [3.8, 4) is 0 Å². The fourth-order valence-electron chi connectivity index (χ4n) is 0. The van der Waals surface area contributed by atoms with Crippen molar-refractivity contribution in [3.63, 3.8) is 0 Å². The quantitative estimate of drug-likeness (QED) is 0.427. The van der Waals surface area contributed by atoms with Gasteiger partial charge in [-0.1, -0.05) is 0 Å². The van der Waals surface area contributed by atoms with Gasteiger partial charge in [0.15, 0.2) is 0 Å². The molecule has 25 valence electrons. The summed E-state index contributed by atoms with van der Waals surface area (Å²) in [6.07, 6.45) is 0. The Hall–Kier alpha value is 2.69. The molecule has 6 heavy (non-hydrogen) atoms. The maximum atomic E-state index is 8.34. The zero-order valence-electron chi connectivity index (χ0n) is 3.10. The summed E-state index contributed by atoms with van der Waals surface area (Å²) in [6, 6.07) is 0. The largest absolute Gasteiger partial charge is 0 e. The molecule has 0 unspecified atom stereocenters. The summed E-state index contributed by atoms with van der Waals surface area (Å²) in [7, 11) is 0. The molecule has 0 fully saturated rings. The van der Waals surface area contributed by atoms with Crippen molar-refractivity contribution in [1.82, 2.24) is 0 Å². The van der Waals surface area contributed by atoms with E-state index in [1.54, 1.807) is 0 Å². The van der Waals surface area contributed by atoms with Crippen LogP contribution in [0, 0.1) is 0 Å². The van der Waals surface area contributed by atoms with Gasteiger partial charge < -0.3 is 0 Å². The van der Waals surface area contributed by atoms with Gasteiger partial charge in [0.05, 0.1) is 0 Å². The molecule has 0 amide bonds. The molecule has 0 heterocycles. The Balaban J connectivity index is -0.00000000500. The fourth-order valence-corrected chi connectivity index (χ4v) is 0. The summed E-state index contributed by atoms with van der Waals surface area (Å²) in [5, 5.41) is 0. The van der Waals surface area contributed by atoms with E-state index in [1.165, 1.54) is 0 Å². The smallest absolute Gasteiger partial charge is 0 e.